The Morgan fingerprint density at radius 3 is 2.29 bits per heavy atom. The molecule has 21 heavy (non-hydrogen) atoms. The minimum absolute atomic E-state index is 0.206. The maximum atomic E-state index is 11.4. The average Bonchev–Trinajstić information content (AvgIpc) is 3.01. The standard InChI is InChI=1S/C15H21N3O3/c1-12-10-15(18(19)20)14(17-6-8-21-9-7-17)11-13(12)16-4-2-3-5-16/h10-11H,2-9H2,1H3. The number of nitrogens with zero attached hydrogens (tertiary/aromatic N) is 3. The highest BCUT2D eigenvalue weighted by Gasteiger charge is 2.25. The minimum atomic E-state index is -0.272. The fraction of sp³-hybridized carbons (Fsp3) is 0.600. The van der Waals surface area contributed by atoms with Crippen molar-refractivity contribution in [2.45, 2.75) is 19.8 Å². The molecule has 2 fully saturated rings. The van der Waals surface area contributed by atoms with Gasteiger partial charge in [-0.1, -0.05) is 0 Å². The van der Waals surface area contributed by atoms with Crippen molar-refractivity contribution in [3.63, 3.8) is 0 Å². The van der Waals surface area contributed by atoms with Gasteiger partial charge in [-0.3, -0.25) is 10.1 Å². The maximum Gasteiger partial charge on any atom is 0.292 e. The first-order chi connectivity index (χ1) is 10.2. The van der Waals surface area contributed by atoms with Crippen LogP contribution >= 0.6 is 0 Å². The summed E-state index contributed by atoms with van der Waals surface area (Å²) in [6.45, 7) is 6.73. The molecule has 0 saturated carbocycles. The predicted octanol–water partition coefficient (Wildman–Crippen LogP) is 2.34. The molecule has 114 valence electrons. The molecule has 0 atom stereocenters. The number of nitro groups is 1. The van der Waals surface area contributed by atoms with E-state index in [1.54, 1.807) is 6.07 Å². The second-order valence-electron chi connectivity index (χ2n) is 5.68. The van der Waals surface area contributed by atoms with Crippen LogP contribution < -0.4 is 9.80 Å². The summed E-state index contributed by atoms with van der Waals surface area (Å²) in [7, 11) is 0. The molecule has 1 aromatic rings. The van der Waals surface area contributed by atoms with Crippen molar-refractivity contribution >= 4 is 17.1 Å². The molecule has 2 aliphatic rings. The minimum Gasteiger partial charge on any atom is -0.378 e. The molecule has 0 N–H and O–H groups in total. The molecule has 0 unspecified atom stereocenters. The van der Waals surface area contributed by atoms with E-state index in [1.807, 2.05) is 13.0 Å². The monoisotopic (exact) mass is 291 g/mol. The van der Waals surface area contributed by atoms with Crippen LogP contribution in [0.1, 0.15) is 18.4 Å². The maximum absolute atomic E-state index is 11.4. The molecular weight excluding hydrogens is 270 g/mol. The van der Waals surface area contributed by atoms with Crippen molar-refractivity contribution in [2.24, 2.45) is 0 Å². The highest BCUT2D eigenvalue weighted by atomic mass is 16.6. The molecule has 6 heteroatoms. The molecule has 6 nitrogen and oxygen atoms in total. The van der Waals surface area contributed by atoms with Crippen LogP contribution in [0.2, 0.25) is 0 Å². The van der Waals surface area contributed by atoms with Gasteiger partial charge in [0.15, 0.2) is 0 Å². The Morgan fingerprint density at radius 1 is 1.05 bits per heavy atom. The predicted molar refractivity (Wildman–Crippen MR) is 82.3 cm³/mol. The molecular formula is C15H21N3O3. The first-order valence-corrected chi connectivity index (χ1v) is 7.53. The van der Waals surface area contributed by atoms with E-state index >= 15 is 0 Å². The zero-order valence-corrected chi connectivity index (χ0v) is 12.4. The number of morpholine rings is 1. The molecule has 2 saturated heterocycles. The molecule has 0 aliphatic carbocycles. The van der Waals surface area contributed by atoms with Crippen LogP contribution in [0.15, 0.2) is 12.1 Å². The molecule has 0 amide bonds. The van der Waals surface area contributed by atoms with Gasteiger partial charge in [0.2, 0.25) is 0 Å². The molecule has 3 rings (SSSR count). The van der Waals surface area contributed by atoms with E-state index in [0.717, 1.165) is 30.0 Å². The molecule has 0 spiro atoms. The van der Waals surface area contributed by atoms with Crippen LogP contribution in [0.25, 0.3) is 0 Å². The number of ether oxygens (including phenoxy) is 1. The summed E-state index contributed by atoms with van der Waals surface area (Å²) in [6.07, 6.45) is 2.40. The lowest BCUT2D eigenvalue weighted by Crippen LogP contribution is -2.36. The summed E-state index contributed by atoms with van der Waals surface area (Å²) in [6, 6.07) is 3.72. The Morgan fingerprint density at radius 2 is 1.67 bits per heavy atom. The smallest absolute Gasteiger partial charge is 0.292 e. The van der Waals surface area contributed by atoms with Crippen molar-refractivity contribution in [3.05, 3.63) is 27.8 Å². The van der Waals surface area contributed by atoms with E-state index in [-0.39, 0.29) is 10.6 Å². The quantitative estimate of drug-likeness (QED) is 0.632. The third-order valence-electron chi connectivity index (χ3n) is 4.29. The molecule has 2 heterocycles. The SMILES string of the molecule is Cc1cc([N+](=O)[O-])c(N2CCOCC2)cc1N1CCCC1. The number of hydrogen-bond donors (Lipinski definition) is 0. The van der Waals surface area contributed by atoms with Gasteiger partial charge in [-0.25, -0.2) is 0 Å². The molecule has 0 radical (unpaired) electrons. The normalized spacial score (nSPS) is 19.1. The second-order valence-corrected chi connectivity index (χ2v) is 5.68. The Hall–Kier alpha value is -1.82. The van der Waals surface area contributed by atoms with Crippen molar-refractivity contribution < 1.29 is 9.66 Å². The van der Waals surface area contributed by atoms with Crippen molar-refractivity contribution in [2.75, 3.05) is 49.2 Å². The Balaban J connectivity index is 2.01. The summed E-state index contributed by atoms with van der Waals surface area (Å²) in [5, 5.41) is 11.4. The summed E-state index contributed by atoms with van der Waals surface area (Å²) in [5.74, 6) is 0. The van der Waals surface area contributed by atoms with E-state index in [9.17, 15) is 10.1 Å². The summed E-state index contributed by atoms with van der Waals surface area (Å²) in [4.78, 5) is 15.5. The number of aryl methyl sites for hydroxylation is 1. The first kappa shape index (κ1) is 14.1. The van der Waals surface area contributed by atoms with E-state index < -0.39 is 0 Å². The Bertz CT molecular complexity index is 535. The summed E-state index contributed by atoms with van der Waals surface area (Å²) in [5.41, 5.74) is 3.06. The number of rotatable bonds is 3. The van der Waals surface area contributed by atoms with Gasteiger partial charge in [-0.15, -0.1) is 0 Å². The van der Waals surface area contributed by atoms with Crippen molar-refractivity contribution in [1.29, 1.82) is 0 Å². The van der Waals surface area contributed by atoms with E-state index in [4.69, 9.17) is 4.74 Å². The van der Waals surface area contributed by atoms with Gasteiger partial charge in [0.05, 0.1) is 18.1 Å². The van der Waals surface area contributed by atoms with E-state index in [0.29, 0.717) is 26.3 Å². The third kappa shape index (κ3) is 2.81. The van der Waals surface area contributed by atoms with Crippen molar-refractivity contribution in [3.8, 4) is 0 Å². The zero-order chi connectivity index (χ0) is 14.8. The molecule has 2 aliphatic heterocycles. The summed E-state index contributed by atoms with van der Waals surface area (Å²) < 4.78 is 5.35. The van der Waals surface area contributed by atoms with Crippen molar-refractivity contribution in [1.82, 2.24) is 0 Å². The zero-order valence-electron chi connectivity index (χ0n) is 12.4. The molecule has 1 aromatic carbocycles. The number of anilines is 2. The van der Waals surface area contributed by atoms with Crippen LogP contribution in [0.3, 0.4) is 0 Å². The van der Waals surface area contributed by atoms with E-state index in [1.165, 1.54) is 12.8 Å². The Kier molecular flexibility index (Phi) is 3.96. The Labute approximate surface area is 124 Å². The molecule has 0 aromatic heterocycles. The topological polar surface area (TPSA) is 58.9 Å². The van der Waals surface area contributed by atoms with Crippen LogP contribution in [0.4, 0.5) is 17.1 Å². The number of nitro benzene ring substituents is 1. The third-order valence-corrected chi connectivity index (χ3v) is 4.29. The second kappa shape index (κ2) is 5.89. The first-order valence-electron chi connectivity index (χ1n) is 7.53. The van der Waals surface area contributed by atoms with Crippen LogP contribution in [-0.2, 0) is 4.74 Å². The fourth-order valence-corrected chi connectivity index (χ4v) is 3.17. The lowest BCUT2D eigenvalue weighted by Gasteiger charge is -2.30. The van der Waals surface area contributed by atoms with Gasteiger partial charge in [0.1, 0.15) is 5.69 Å². The van der Waals surface area contributed by atoms with Gasteiger partial charge >= 0.3 is 0 Å². The van der Waals surface area contributed by atoms with Gasteiger partial charge < -0.3 is 14.5 Å². The van der Waals surface area contributed by atoms with Gasteiger partial charge in [-0.05, 0) is 31.4 Å². The lowest BCUT2D eigenvalue weighted by atomic mass is 10.1. The van der Waals surface area contributed by atoms with Crippen LogP contribution in [0, 0.1) is 17.0 Å². The van der Waals surface area contributed by atoms with Crippen LogP contribution in [-0.4, -0.2) is 44.3 Å². The number of hydrogen-bond acceptors (Lipinski definition) is 5. The van der Waals surface area contributed by atoms with Gasteiger partial charge in [0.25, 0.3) is 5.69 Å². The highest BCUT2D eigenvalue weighted by Crippen LogP contribution is 2.36. The molecule has 0 bridgehead atoms. The number of benzene rings is 1. The average molecular weight is 291 g/mol. The summed E-state index contributed by atoms with van der Waals surface area (Å²) >= 11 is 0. The highest BCUT2D eigenvalue weighted by molar-refractivity contribution is 5.73. The van der Waals surface area contributed by atoms with Gasteiger partial charge in [0, 0.05) is 37.9 Å². The fourth-order valence-electron chi connectivity index (χ4n) is 3.17. The lowest BCUT2D eigenvalue weighted by molar-refractivity contribution is -0.384. The van der Waals surface area contributed by atoms with Gasteiger partial charge in [-0.2, -0.15) is 0 Å². The van der Waals surface area contributed by atoms with Crippen LogP contribution in [0.5, 0.6) is 0 Å². The largest absolute Gasteiger partial charge is 0.378 e. The van der Waals surface area contributed by atoms with E-state index in [2.05, 4.69) is 9.80 Å².